The van der Waals surface area contributed by atoms with Gasteiger partial charge in [-0.3, -0.25) is 4.79 Å². The molecule has 4 N–H and O–H groups in total. The molecule has 0 saturated carbocycles. The van der Waals surface area contributed by atoms with Gasteiger partial charge in [-0.2, -0.15) is 5.26 Å². The van der Waals surface area contributed by atoms with Crippen LogP contribution in [0, 0.1) is 11.3 Å². The van der Waals surface area contributed by atoms with Gasteiger partial charge in [0.1, 0.15) is 17.4 Å². The lowest BCUT2D eigenvalue weighted by molar-refractivity contribution is 0.103. The molecule has 0 aliphatic heterocycles. The standard InChI is InChI=1S/C16H13N3O2/c17-9-11(10-19-14-7-3-2-6-13(14)18)16(21)12-5-1-4-8-15(12)20/h1-8,10,19-20H,18H2/b11-10+. The van der Waals surface area contributed by atoms with E-state index in [1.165, 1.54) is 18.3 Å². The quantitative estimate of drug-likeness (QED) is 0.346. The summed E-state index contributed by atoms with van der Waals surface area (Å²) in [7, 11) is 0. The van der Waals surface area contributed by atoms with E-state index in [0.29, 0.717) is 11.4 Å². The summed E-state index contributed by atoms with van der Waals surface area (Å²) in [5.41, 5.74) is 6.81. The van der Waals surface area contributed by atoms with Gasteiger partial charge in [0.15, 0.2) is 0 Å². The number of nitriles is 1. The van der Waals surface area contributed by atoms with Crippen LogP contribution in [0.3, 0.4) is 0 Å². The number of nitrogens with one attached hydrogen (secondary N) is 1. The van der Waals surface area contributed by atoms with Crippen LogP contribution in [0.1, 0.15) is 10.4 Å². The number of phenolic OH excluding ortho intramolecular Hbond substituents is 1. The predicted molar refractivity (Wildman–Crippen MR) is 80.6 cm³/mol. The fourth-order valence-electron chi connectivity index (χ4n) is 1.74. The lowest BCUT2D eigenvalue weighted by Crippen LogP contribution is -2.05. The number of Topliss-reactive ketones (excluding diaryl/α,β-unsaturated/α-hetero) is 1. The van der Waals surface area contributed by atoms with Gasteiger partial charge in [-0.15, -0.1) is 0 Å². The minimum absolute atomic E-state index is 0.0770. The Balaban J connectivity index is 2.26. The molecule has 2 rings (SSSR count). The molecule has 0 atom stereocenters. The lowest BCUT2D eigenvalue weighted by Gasteiger charge is -2.06. The van der Waals surface area contributed by atoms with Crippen molar-refractivity contribution in [3.63, 3.8) is 0 Å². The van der Waals surface area contributed by atoms with Crippen LogP contribution in [0.2, 0.25) is 0 Å². The van der Waals surface area contributed by atoms with Crippen molar-refractivity contribution in [3.05, 3.63) is 65.9 Å². The van der Waals surface area contributed by atoms with E-state index in [-0.39, 0.29) is 16.9 Å². The zero-order valence-corrected chi connectivity index (χ0v) is 11.1. The minimum atomic E-state index is -0.558. The Morgan fingerprint density at radius 1 is 1.19 bits per heavy atom. The number of rotatable bonds is 4. The third kappa shape index (κ3) is 3.19. The Bertz CT molecular complexity index is 745. The van der Waals surface area contributed by atoms with Crippen molar-refractivity contribution >= 4 is 17.2 Å². The van der Waals surface area contributed by atoms with E-state index in [4.69, 9.17) is 11.0 Å². The molecule has 5 nitrogen and oxygen atoms in total. The molecule has 0 aromatic heterocycles. The number of nitrogens with zero attached hydrogens (tertiary/aromatic N) is 1. The highest BCUT2D eigenvalue weighted by atomic mass is 16.3. The molecule has 0 spiro atoms. The number of hydrogen-bond donors (Lipinski definition) is 3. The first-order valence-corrected chi connectivity index (χ1v) is 6.17. The van der Waals surface area contributed by atoms with Crippen LogP contribution in [0.4, 0.5) is 11.4 Å². The predicted octanol–water partition coefficient (Wildman–Crippen LogP) is 2.68. The van der Waals surface area contributed by atoms with E-state index in [1.54, 1.807) is 36.4 Å². The molecule has 104 valence electrons. The zero-order chi connectivity index (χ0) is 15.2. The number of nitrogen functional groups attached to an aromatic ring is 1. The highest BCUT2D eigenvalue weighted by molar-refractivity contribution is 6.13. The third-order valence-electron chi connectivity index (χ3n) is 2.85. The Hall–Kier alpha value is -3.26. The largest absolute Gasteiger partial charge is 0.507 e. The van der Waals surface area contributed by atoms with E-state index in [1.807, 2.05) is 6.07 Å². The van der Waals surface area contributed by atoms with Crippen molar-refractivity contribution < 1.29 is 9.90 Å². The highest BCUT2D eigenvalue weighted by Crippen LogP contribution is 2.21. The molecule has 2 aromatic rings. The molecule has 0 aliphatic carbocycles. The van der Waals surface area contributed by atoms with E-state index < -0.39 is 5.78 Å². The lowest BCUT2D eigenvalue weighted by atomic mass is 10.0. The monoisotopic (exact) mass is 279 g/mol. The number of para-hydroxylation sites is 3. The van der Waals surface area contributed by atoms with Gasteiger partial charge in [0, 0.05) is 6.20 Å². The number of anilines is 2. The van der Waals surface area contributed by atoms with Crippen molar-refractivity contribution in [1.82, 2.24) is 0 Å². The molecule has 0 fully saturated rings. The number of carbonyl (C=O) groups excluding carboxylic acids is 1. The highest BCUT2D eigenvalue weighted by Gasteiger charge is 2.15. The van der Waals surface area contributed by atoms with E-state index >= 15 is 0 Å². The number of allylic oxidation sites excluding steroid dienone is 1. The van der Waals surface area contributed by atoms with Crippen LogP contribution in [-0.2, 0) is 0 Å². The van der Waals surface area contributed by atoms with E-state index in [2.05, 4.69) is 5.32 Å². The van der Waals surface area contributed by atoms with Gasteiger partial charge in [0.05, 0.1) is 16.9 Å². The van der Waals surface area contributed by atoms with Crippen LogP contribution < -0.4 is 11.1 Å². The summed E-state index contributed by atoms with van der Waals surface area (Å²) >= 11 is 0. The second kappa shape index (κ2) is 6.26. The molecule has 0 aliphatic rings. The number of phenols is 1. The van der Waals surface area contributed by atoms with Gasteiger partial charge in [-0.1, -0.05) is 24.3 Å². The molecule has 0 amide bonds. The number of nitrogens with two attached hydrogens (primary N) is 1. The average molecular weight is 279 g/mol. The first-order chi connectivity index (χ1) is 10.1. The molecule has 21 heavy (non-hydrogen) atoms. The van der Waals surface area contributed by atoms with Gasteiger partial charge in [-0.25, -0.2) is 0 Å². The first kappa shape index (κ1) is 14.2. The van der Waals surface area contributed by atoms with Gasteiger partial charge in [0.2, 0.25) is 5.78 Å². The van der Waals surface area contributed by atoms with Crippen molar-refractivity contribution in [1.29, 1.82) is 5.26 Å². The Labute approximate surface area is 121 Å². The van der Waals surface area contributed by atoms with E-state index in [0.717, 1.165) is 0 Å². The number of aromatic hydroxyl groups is 1. The molecule has 0 unspecified atom stereocenters. The van der Waals surface area contributed by atoms with Crippen LogP contribution >= 0.6 is 0 Å². The molecular weight excluding hydrogens is 266 g/mol. The smallest absolute Gasteiger partial charge is 0.208 e. The normalized spacial score (nSPS) is 10.7. The van der Waals surface area contributed by atoms with Crippen LogP contribution in [0.15, 0.2) is 60.3 Å². The minimum Gasteiger partial charge on any atom is -0.507 e. The average Bonchev–Trinajstić information content (AvgIpc) is 2.50. The van der Waals surface area contributed by atoms with Crippen molar-refractivity contribution in [3.8, 4) is 11.8 Å². The summed E-state index contributed by atoms with van der Waals surface area (Å²) < 4.78 is 0. The van der Waals surface area contributed by atoms with Gasteiger partial charge in [0.25, 0.3) is 0 Å². The molecule has 2 aromatic carbocycles. The van der Waals surface area contributed by atoms with Crippen molar-refractivity contribution in [2.75, 3.05) is 11.1 Å². The fraction of sp³-hybridized carbons (Fsp3) is 0. The maximum absolute atomic E-state index is 12.2. The van der Waals surface area contributed by atoms with Crippen LogP contribution in [-0.4, -0.2) is 10.9 Å². The molecule has 0 saturated heterocycles. The molecule has 0 radical (unpaired) electrons. The molecular formula is C16H13N3O2. The summed E-state index contributed by atoms with van der Waals surface area (Å²) in [6, 6.07) is 14.9. The SMILES string of the molecule is N#C/C(=C\Nc1ccccc1N)C(=O)c1ccccc1O. The zero-order valence-electron chi connectivity index (χ0n) is 11.1. The molecule has 0 heterocycles. The van der Waals surface area contributed by atoms with Gasteiger partial charge < -0.3 is 16.2 Å². The fourth-order valence-corrected chi connectivity index (χ4v) is 1.74. The number of ketones is 1. The summed E-state index contributed by atoms with van der Waals surface area (Å²) in [6.45, 7) is 0. The maximum atomic E-state index is 12.2. The number of hydrogen-bond acceptors (Lipinski definition) is 5. The second-order valence-corrected chi connectivity index (χ2v) is 4.25. The summed E-state index contributed by atoms with van der Waals surface area (Å²) in [5, 5.41) is 21.6. The van der Waals surface area contributed by atoms with Crippen molar-refractivity contribution in [2.24, 2.45) is 0 Å². The van der Waals surface area contributed by atoms with Crippen LogP contribution in [0.25, 0.3) is 0 Å². The summed E-state index contributed by atoms with van der Waals surface area (Å²) in [5.74, 6) is -0.722. The Morgan fingerprint density at radius 3 is 2.52 bits per heavy atom. The van der Waals surface area contributed by atoms with Gasteiger partial charge in [-0.05, 0) is 24.3 Å². The molecule has 0 bridgehead atoms. The summed E-state index contributed by atoms with van der Waals surface area (Å²) in [6.07, 6.45) is 1.28. The van der Waals surface area contributed by atoms with Gasteiger partial charge >= 0.3 is 0 Å². The second-order valence-electron chi connectivity index (χ2n) is 4.25. The topological polar surface area (TPSA) is 99.1 Å². The maximum Gasteiger partial charge on any atom is 0.208 e. The van der Waals surface area contributed by atoms with Crippen LogP contribution in [0.5, 0.6) is 5.75 Å². The molecule has 5 heteroatoms. The third-order valence-corrected chi connectivity index (χ3v) is 2.85. The number of benzene rings is 2. The number of carbonyl (C=O) groups is 1. The first-order valence-electron chi connectivity index (χ1n) is 6.17. The van der Waals surface area contributed by atoms with Crippen molar-refractivity contribution in [2.45, 2.75) is 0 Å². The Kier molecular flexibility index (Phi) is 4.22. The Morgan fingerprint density at radius 2 is 1.86 bits per heavy atom. The summed E-state index contributed by atoms with van der Waals surface area (Å²) in [4.78, 5) is 12.2. The van der Waals surface area contributed by atoms with E-state index in [9.17, 15) is 9.90 Å².